The highest BCUT2D eigenvalue weighted by Crippen LogP contribution is 2.35. The van der Waals surface area contributed by atoms with E-state index in [4.69, 9.17) is 14.2 Å². The summed E-state index contributed by atoms with van der Waals surface area (Å²) < 4.78 is 17.6. The standard InChI is InChI=1S/C18H21N3O5/c1-11-12(2)20-9-21(18(11)23)7-6-19-17(22)13(3)26-14-4-5-15-16(8-14)25-10-24-15/h4-5,8-9,13H,6-7,10H2,1-3H3,(H,19,22). The molecule has 8 heteroatoms. The molecular formula is C18H21N3O5. The molecule has 0 saturated carbocycles. The van der Waals surface area contributed by atoms with Crippen LogP contribution in [-0.2, 0) is 11.3 Å². The lowest BCUT2D eigenvalue weighted by Gasteiger charge is -2.15. The number of carbonyl (C=O) groups excluding carboxylic acids is 1. The van der Waals surface area contributed by atoms with Crippen LogP contribution >= 0.6 is 0 Å². The van der Waals surface area contributed by atoms with E-state index in [0.717, 1.165) is 0 Å². The Morgan fingerprint density at radius 1 is 1.35 bits per heavy atom. The van der Waals surface area contributed by atoms with E-state index in [9.17, 15) is 9.59 Å². The van der Waals surface area contributed by atoms with Crippen molar-refractivity contribution in [1.29, 1.82) is 0 Å². The Balaban J connectivity index is 1.52. The zero-order chi connectivity index (χ0) is 18.7. The third-order valence-corrected chi connectivity index (χ3v) is 4.19. The number of nitrogens with zero attached hydrogens (tertiary/aromatic N) is 2. The van der Waals surface area contributed by atoms with Gasteiger partial charge in [0.25, 0.3) is 11.5 Å². The molecule has 26 heavy (non-hydrogen) atoms. The molecule has 2 aromatic rings. The molecule has 0 fully saturated rings. The molecule has 0 spiro atoms. The summed E-state index contributed by atoms with van der Waals surface area (Å²) in [6.07, 6.45) is 0.800. The third-order valence-electron chi connectivity index (χ3n) is 4.19. The first-order chi connectivity index (χ1) is 12.5. The Bertz CT molecular complexity index is 878. The minimum Gasteiger partial charge on any atom is -0.481 e. The number of amides is 1. The highest BCUT2D eigenvalue weighted by atomic mass is 16.7. The summed E-state index contributed by atoms with van der Waals surface area (Å²) in [5.41, 5.74) is 1.22. The number of ether oxygens (including phenoxy) is 3. The molecule has 1 unspecified atom stereocenters. The number of fused-ring (bicyclic) bond motifs is 1. The molecular weight excluding hydrogens is 338 g/mol. The predicted octanol–water partition coefficient (Wildman–Crippen LogP) is 1.17. The molecule has 138 valence electrons. The van der Waals surface area contributed by atoms with Crippen LogP contribution in [0.25, 0.3) is 0 Å². The minimum absolute atomic E-state index is 0.101. The molecule has 1 aliphatic rings. The van der Waals surface area contributed by atoms with E-state index in [2.05, 4.69) is 10.3 Å². The van der Waals surface area contributed by atoms with E-state index in [1.807, 2.05) is 0 Å². The largest absolute Gasteiger partial charge is 0.481 e. The van der Waals surface area contributed by atoms with Crippen molar-refractivity contribution in [2.45, 2.75) is 33.4 Å². The van der Waals surface area contributed by atoms with Crippen LogP contribution < -0.4 is 25.1 Å². The normalized spacial score (nSPS) is 13.3. The minimum atomic E-state index is -0.690. The first-order valence-electron chi connectivity index (χ1n) is 8.32. The van der Waals surface area contributed by atoms with Gasteiger partial charge in [-0.25, -0.2) is 4.98 Å². The highest BCUT2D eigenvalue weighted by molar-refractivity contribution is 5.80. The van der Waals surface area contributed by atoms with Crippen molar-refractivity contribution >= 4 is 5.91 Å². The number of carbonyl (C=O) groups is 1. The summed E-state index contributed by atoms with van der Waals surface area (Å²) in [5, 5.41) is 2.76. The van der Waals surface area contributed by atoms with Crippen molar-refractivity contribution in [3.05, 3.63) is 46.1 Å². The van der Waals surface area contributed by atoms with E-state index in [0.29, 0.717) is 41.6 Å². The van der Waals surface area contributed by atoms with Gasteiger partial charge >= 0.3 is 0 Å². The maximum Gasteiger partial charge on any atom is 0.260 e. The van der Waals surface area contributed by atoms with Crippen molar-refractivity contribution in [3.8, 4) is 17.2 Å². The Hall–Kier alpha value is -3.03. The van der Waals surface area contributed by atoms with Gasteiger partial charge in [-0.3, -0.25) is 14.2 Å². The molecule has 3 rings (SSSR count). The van der Waals surface area contributed by atoms with Crippen molar-refractivity contribution in [1.82, 2.24) is 14.9 Å². The van der Waals surface area contributed by atoms with Crippen molar-refractivity contribution < 1.29 is 19.0 Å². The molecule has 1 atom stereocenters. The number of aromatic nitrogens is 2. The molecule has 8 nitrogen and oxygen atoms in total. The second kappa shape index (κ2) is 7.47. The van der Waals surface area contributed by atoms with Crippen LogP contribution in [0, 0.1) is 13.8 Å². The number of aryl methyl sites for hydroxylation is 1. The Morgan fingerprint density at radius 3 is 2.92 bits per heavy atom. The van der Waals surface area contributed by atoms with Crippen LogP contribution in [0.2, 0.25) is 0 Å². The summed E-state index contributed by atoms with van der Waals surface area (Å²) in [5.74, 6) is 1.50. The van der Waals surface area contributed by atoms with Gasteiger partial charge in [0, 0.05) is 30.4 Å². The second-order valence-corrected chi connectivity index (χ2v) is 6.02. The van der Waals surface area contributed by atoms with E-state index >= 15 is 0 Å². The zero-order valence-corrected chi connectivity index (χ0v) is 14.9. The molecule has 1 N–H and O–H groups in total. The SMILES string of the molecule is Cc1ncn(CCNC(=O)C(C)Oc2ccc3c(c2)OCO3)c(=O)c1C. The summed E-state index contributed by atoms with van der Waals surface area (Å²) in [6, 6.07) is 5.14. The highest BCUT2D eigenvalue weighted by Gasteiger charge is 2.18. The molecule has 1 aromatic heterocycles. The first-order valence-corrected chi connectivity index (χ1v) is 8.32. The maximum absolute atomic E-state index is 12.2. The summed E-state index contributed by atoms with van der Waals surface area (Å²) >= 11 is 0. The predicted molar refractivity (Wildman–Crippen MR) is 93.6 cm³/mol. The van der Waals surface area contributed by atoms with Crippen LogP contribution in [0.15, 0.2) is 29.3 Å². The molecule has 0 aliphatic carbocycles. The van der Waals surface area contributed by atoms with Gasteiger partial charge in [0.1, 0.15) is 5.75 Å². The average Bonchev–Trinajstić information content (AvgIpc) is 3.09. The third kappa shape index (κ3) is 3.79. The average molecular weight is 359 g/mol. The van der Waals surface area contributed by atoms with Crippen LogP contribution in [0.4, 0.5) is 0 Å². The van der Waals surface area contributed by atoms with E-state index < -0.39 is 6.10 Å². The van der Waals surface area contributed by atoms with Gasteiger partial charge in [-0.05, 0) is 32.9 Å². The van der Waals surface area contributed by atoms with Gasteiger partial charge in [-0.1, -0.05) is 0 Å². The quantitative estimate of drug-likeness (QED) is 0.833. The van der Waals surface area contributed by atoms with Gasteiger partial charge in [-0.15, -0.1) is 0 Å². The van der Waals surface area contributed by atoms with Crippen LogP contribution in [-0.4, -0.2) is 34.9 Å². The van der Waals surface area contributed by atoms with Gasteiger partial charge in [0.15, 0.2) is 17.6 Å². The topological polar surface area (TPSA) is 91.7 Å². The Morgan fingerprint density at radius 2 is 2.12 bits per heavy atom. The smallest absolute Gasteiger partial charge is 0.260 e. The fourth-order valence-corrected chi connectivity index (χ4v) is 2.49. The monoisotopic (exact) mass is 359 g/mol. The lowest BCUT2D eigenvalue weighted by molar-refractivity contribution is -0.127. The second-order valence-electron chi connectivity index (χ2n) is 6.02. The number of rotatable bonds is 6. The number of nitrogens with one attached hydrogen (secondary N) is 1. The Labute approximate surface area is 150 Å². The van der Waals surface area contributed by atoms with Crippen molar-refractivity contribution in [2.24, 2.45) is 0 Å². The van der Waals surface area contributed by atoms with Gasteiger partial charge < -0.3 is 19.5 Å². The number of hydrogen-bond acceptors (Lipinski definition) is 6. The summed E-state index contributed by atoms with van der Waals surface area (Å²) in [7, 11) is 0. The number of hydrogen-bond donors (Lipinski definition) is 1. The molecule has 1 aliphatic heterocycles. The number of benzene rings is 1. The maximum atomic E-state index is 12.2. The van der Waals surface area contributed by atoms with Crippen molar-refractivity contribution in [2.75, 3.05) is 13.3 Å². The van der Waals surface area contributed by atoms with E-state index in [1.165, 1.54) is 10.9 Å². The Kier molecular flexibility index (Phi) is 5.11. The lowest BCUT2D eigenvalue weighted by Crippen LogP contribution is -2.39. The zero-order valence-electron chi connectivity index (χ0n) is 14.9. The summed E-state index contributed by atoms with van der Waals surface area (Å²) in [6.45, 7) is 6.01. The van der Waals surface area contributed by atoms with E-state index in [1.54, 1.807) is 39.0 Å². The van der Waals surface area contributed by atoms with Crippen molar-refractivity contribution in [3.63, 3.8) is 0 Å². The molecule has 0 bridgehead atoms. The van der Waals surface area contributed by atoms with Gasteiger partial charge in [0.2, 0.25) is 6.79 Å². The summed E-state index contributed by atoms with van der Waals surface area (Å²) in [4.78, 5) is 28.4. The fraction of sp³-hybridized carbons (Fsp3) is 0.389. The van der Waals surface area contributed by atoms with Gasteiger partial charge in [-0.2, -0.15) is 0 Å². The first kappa shape index (κ1) is 17.8. The molecule has 1 aromatic carbocycles. The molecule has 0 saturated heterocycles. The molecule has 2 heterocycles. The van der Waals surface area contributed by atoms with Crippen LogP contribution in [0.1, 0.15) is 18.2 Å². The van der Waals surface area contributed by atoms with Gasteiger partial charge in [0.05, 0.1) is 6.33 Å². The van der Waals surface area contributed by atoms with Crippen LogP contribution in [0.5, 0.6) is 17.2 Å². The van der Waals surface area contributed by atoms with E-state index in [-0.39, 0.29) is 18.3 Å². The lowest BCUT2D eigenvalue weighted by atomic mass is 10.3. The molecule has 0 radical (unpaired) electrons. The fourth-order valence-electron chi connectivity index (χ4n) is 2.49. The molecule has 1 amide bonds. The van der Waals surface area contributed by atoms with Crippen LogP contribution in [0.3, 0.4) is 0 Å².